The van der Waals surface area contributed by atoms with E-state index < -0.39 is 5.60 Å². The summed E-state index contributed by atoms with van der Waals surface area (Å²) >= 11 is 0. The number of carbonyl (C=O) groups excluding carboxylic acids is 1. The number of likely N-dealkylation sites (tertiary alicyclic amines) is 1. The highest BCUT2D eigenvalue weighted by molar-refractivity contribution is 5.89. The summed E-state index contributed by atoms with van der Waals surface area (Å²) in [4.78, 5) is 14.0. The Bertz CT molecular complexity index is 483. The van der Waals surface area contributed by atoms with E-state index in [9.17, 15) is 9.90 Å². The first-order chi connectivity index (χ1) is 9.87. The first-order valence-corrected chi connectivity index (χ1v) is 7.51. The Kier molecular flexibility index (Phi) is 4.85. The smallest absolute Gasteiger partial charge is 0.321 e. The monoisotopic (exact) mass is 291 g/mol. The van der Waals surface area contributed by atoms with Crippen LogP contribution in [0.1, 0.15) is 44.7 Å². The number of anilines is 1. The molecule has 2 unspecified atom stereocenters. The van der Waals surface area contributed by atoms with Gasteiger partial charge in [0.15, 0.2) is 0 Å². The summed E-state index contributed by atoms with van der Waals surface area (Å²) in [6.07, 6.45) is 2.17. The number of nitrogens with zero attached hydrogens (tertiary/aromatic N) is 1. The molecule has 0 aliphatic carbocycles. The number of nitrogens with two attached hydrogens (primary N) is 1. The minimum atomic E-state index is -0.659. The molecule has 1 fully saturated rings. The van der Waals surface area contributed by atoms with Crippen LogP contribution in [0.2, 0.25) is 0 Å². The molecule has 0 aromatic heterocycles. The molecule has 1 aromatic carbocycles. The van der Waals surface area contributed by atoms with Crippen LogP contribution in [0.3, 0.4) is 0 Å². The van der Waals surface area contributed by atoms with Crippen molar-refractivity contribution < 1.29 is 9.90 Å². The third-order valence-corrected chi connectivity index (χ3v) is 4.04. The normalized spacial score (nSPS) is 24.3. The zero-order valence-electron chi connectivity index (χ0n) is 12.8. The molecule has 1 heterocycles. The van der Waals surface area contributed by atoms with Crippen LogP contribution in [0.25, 0.3) is 0 Å². The highest BCUT2D eigenvalue weighted by atomic mass is 16.3. The van der Waals surface area contributed by atoms with Crippen molar-refractivity contribution in [2.75, 3.05) is 18.4 Å². The minimum absolute atomic E-state index is 0.0115. The molecule has 0 spiro atoms. The van der Waals surface area contributed by atoms with Gasteiger partial charge in [0, 0.05) is 24.8 Å². The van der Waals surface area contributed by atoms with Crippen LogP contribution in [0, 0.1) is 0 Å². The van der Waals surface area contributed by atoms with Crippen molar-refractivity contribution in [3.05, 3.63) is 29.8 Å². The molecule has 0 bridgehead atoms. The predicted octanol–water partition coefficient (Wildman–Crippen LogP) is 2.48. The number of amides is 2. The molecule has 1 aliphatic rings. The lowest BCUT2D eigenvalue weighted by molar-refractivity contribution is 0.0458. The van der Waals surface area contributed by atoms with Gasteiger partial charge in [0.05, 0.1) is 5.60 Å². The second-order valence-electron chi connectivity index (χ2n) is 6.18. The molecule has 4 N–H and O–H groups in total. The lowest BCUT2D eigenvalue weighted by Gasteiger charge is -2.23. The number of benzene rings is 1. The van der Waals surface area contributed by atoms with Gasteiger partial charge in [-0.2, -0.15) is 0 Å². The average Bonchev–Trinajstić information content (AvgIpc) is 2.60. The van der Waals surface area contributed by atoms with E-state index in [1.165, 1.54) is 0 Å². The minimum Gasteiger partial charge on any atom is -0.390 e. The maximum absolute atomic E-state index is 12.3. The first kappa shape index (κ1) is 15.8. The van der Waals surface area contributed by atoms with Crippen LogP contribution in [-0.4, -0.2) is 34.7 Å². The van der Waals surface area contributed by atoms with Crippen molar-refractivity contribution in [1.29, 1.82) is 0 Å². The fraction of sp³-hybridized carbons (Fsp3) is 0.562. The maximum atomic E-state index is 12.3. The van der Waals surface area contributed by atoms with Crippen molar-refractivity contribution in [2.45, 2.75) is 44.8 Å². The number of hydrogen-bond acceptors (Lipinski definition) is 3. The average molecular weight is 291 g/mol. The zero-order valence-corrected chi connectivity index (χ0v) is 12.8. The van der Waals surface area contributed by atoms with Crippen LogP contribution < -0.4 is 11.1 Å². The molecule has 5 nitrogen and oxygen atoms in total. The van der Waals surface area contributed by atoms with E-state index in [4.69, 9.17) is 5.73 Å². The molecular weight excluding hydrogens is 266 g/mol. The summed E-state index contributed by atoms with van der Waals surface area (Å²) in [6.45, 7) is 5.02. The van der Waals surface area contributed by atoms with Gasteiger partial charge in [-0.15, -0.1) is 0 Å². The predicted molar refractivity (Wildman–Crippen MR) is 84.1 cm³/mol. The van der Waals surface area contributed by atoms with Crippen LogP contribution in [0.15, 0.2) is 24.3 Å². The van der Waals surface area contributed by atoms with E-state index >= 15 is 0 Å². The standard InChI is InChI=1S/C16H25N3O2/c1-12(17)13-4-6-14(7-5-13)18-15(20)19-10-3-8-16(2,21)9-11-19/h4-7,12,21H,3,8-11,17H2,1-2H3,(H,18,20). The Morgan fingerprint density at radius 1 is 1.33 bits per heavy atom. The molecule has 116 valence electrons. The Balaban J connectivity index is 1.94. The highest BCUT2D eigenvalue weighted by Gasteiger charge is 2.26. The molecule has 1 saturated heterocycles. The van der Waals surface area contributed by atoms with E-state index in [0.29, 0.717) is 19.5 Å². The fourth-order valence-electron chi connectivity index (χ4n) is 2.54. The van der Waals surface area contributed by atoms with Crippen molar-refractivity contribution >= 4 is 11.7 Å². The Hall–Kier alpha value is -1.59. The second kappa shape index (κ2) is 6.45. The molecule has 5 heteroatoms. The number of aliphatic hydroxyl groups is 1. The van der Waals surface area contributed by atoms with Crippen molar-refractivity contribution in [2.24, 2.45) is 5.73 Å². The van der Waals surface area contributed by atoms with E-state index in [1.807, 2.05) is 38.1 Å². The summed E-state index contributed by atoms with van der Waals surface area (Å²) in [6, 6.07) is 7.46. The Morgan fingerprint density at radius 3 is 2.62 bits per heavy atom. The van der Waals surface area contributed by atoms with Gasteiger partial charge in [-0.1, -0.05) is 12.1 Å². The molecule has 0 radical (unpaired) electrons. The lowest BCUT2D eigenvalue weighted by Crippen LogP contribution is -2.36. The van der Waals surface area contributed by atoms with Crippen molar-refractivity contribution in [3.63, 3.8) is 0 Å². The summed E-state index contributed by atoms with van der Waals surface area (Å²) in [5, 5.41) is 13.0. The van der Waals surface area contributed by atoms with Gasteiger partial charge in [-0.05, 0) is 50.8 Å². The summed E-state index contributed by atoms with van der Waals surface area (Å²) in [5.74, 6) is 0. The quantitative estimate of drug-likeness (QED) is 0.783. The van der Waals surface area contributed by atoms with Gasteiger partial charge in [0.2, 0.25) is 0 Å². The molecule has 1 aliphatic heterocycles. The lowest BCUT2D eigenvalue weighted by atomic mass is 9.98. The number of carbonyl (C=O) groups is 1. The molecule has 2 atom stereocenters. The molecule has 2 amide bonds. The van der Waals surface area contributed by atoms with Crippen LogP contribution in [-0.2, 0) is 0 Å². The fourth-order valence-corrected chi connectivity index (χ4v) is 2.54. The summed E-state index contributed by atoms with van der Waals surface area (Å²) in [5.41, 5.74) is 6.95. The maximum Gasteiger partial charge on any atom is 0.321 e. The van der Waals surface area contributed by atoms with Gasteiger partial charge < -0.3 is 21.1 Å². The molecule has 21 heavy (non-hydrogen) atoms. The third-order valence-electron chi connectivity index (χ3n) is 4.04. The van der Waals surface area contributed by atoms with Gasteiger partial charge >= 0.3 is 6.03 Å². The number of hydrogen-bond donors (Lipinski definition) is 3. The molecule has 2 rings (SSSR count). The van der Waals surface area contributed by atoms with Gasteiger partial charge in [0.25, 0.3) is 0 Å². The van der Waals surface area contributed by atoms with E-state index in [1.54, 1.807) is 4.90 Å². The van der Waals surface area contributed by atoms with Gasteiger partial charge in [0.1, 0.15) is 0 Å². The zero-order chi connectivity index (χ0) is 15.5. The first-order valence-electron chi connectivity index (χ1n) is 7.51. The number of rotatable bonds is 2. The number of nitrogens with one attached hydrogen (secondary N) is 1. The van der Waals surface area contributed by atoms with Gasteiger partial charge in [-0.25, -0.2) is 4.79 Å². The largest absolute Gasteiger partial charge is 0.390 e. The van der Waals surface area contributed by atoms with E-state index in [0.717, 1.165) is 24.1 Å². The Labute approximate surface area is 126 Å². The van der Waals surface area contributed by atoms with Crippen molar-refractivity contribution in [3.8, 4) is 0 Å². The highest BCUT2D eigenvalue weighted by Crippen LogP contribution is 2.22. The van der Waals surface area contributed by atoms with Gasteiger partial charge in [-0.3, -0.25) is 0 Å². The van der Waals surface area contributed by atoms with E-state index in [2.05, 4.69) is 5.32 Å². The third kappa shape index (κ3) is 4.44. The summed E-state index contributed by atoms with van der Waals surface area (Å²) < 4.78 is 0. The van der Waals surface area contributed by atoms with Crippen molar-refractivity contribution in [1.82, 2.24) is 4.90 Å². The van der Waals surface area contributed by atoms with Crippen LogP contribution in [0.5, 0.6) is 0 Å². The topological polar surface area (TPSA) is 78.6 Å². The molecular formula is C16H25N3O2. The van der Waals surface area contributed by atoms with E-state index in [-0.39, 0.29) is 12.1 Å². The summed E-state index contributed by atoms with van der Waals surface area (Å²) in [7, 11) is 0. The molecule has 1 aromatic rings. The Morgan fingerprint density at radius 2 is 2.00 bits per heavy atom. The molecule has 0 saturated carbocycles. The van der Waals surface area contributed by atoms with Crippen LogP contribution >= 0.6 is 0 Å². The number of urea groups is 1. The SMILES string of the molecule is CC(N)c1ccc(NC(=O)N2CCCC(C)(O)CC2)cc1. The van der Waals surface area contributed by atoms with Crippen LogP contribution in [0.4, 0.5) is 10.5 Å². The second-order valence-corrected chi connectivity index (χ2v) is 6.18.